The maximum atomic E-state index is 12.0. The van der Waals surface area contributed by atoms with E-state index in [-0.39, 0.29) is 31.6 Å². The number of carbonyl (C=O) groups excluding carboxylic acids is 1. The molecule has 102 valence electrons. The van der Waals surface area contributed by atoms with Crippen LogP contribution in [0.15, 0.2) is 0 Å². The number of aliphatic hydroxyl groups is 1. The summed E-state index contributed by atoms with van der Waals surface area (Å²) >= 11 is 0. The molecule has 2 aliphatic heterocycles. The number of hydrogen-bond acceptors (Lipinski definition) is 4. The lowest BCUT2D eigenvalue weighted by atomic mass is 9.99. The lowest BCUT2D eigenvalue weighted by Crippen LogP contribution is -2.58. The number of nitrogens with one attached hydrogen (secondary N) is 1. The quantitative estimate of drug-likeness (QED) is 0.619. The third-order valence-electron chi connectivity index (χ3n) is 3.61. The zero-order chi connectivity index (χ0) is 13.2. The van der Waals surface area contributed by atoms with E-state index in [4.69, 9.17) is 9.84 Å². The average molecular weight is 258 g/mol. The predicted molar refractivity (Wildman–Crippen MR) is 61.1 cm³/mol. The first-order chi connectivity index (χ1) is 8.57. The molecule has 0 radical (unpaired) electrons. The second kappa shape index (κ2) is 5.11. The highest BCUT2D eigenvalue weighted by Crippen LogP contribution is 2.21. The van der Waals surface area contributed by atoms with Crippen molar-refractivity contribution in [1.29, 1.82) is 0 Å². The van der Waals surface area contributed by atoms with Gasteiger partial charge in [-0.15, -0.1) is 0 Å². The van der Waals surface area contributed by atoms with Crippen LogP contribution in [-0.2, 0) is 9.53 Å². The van der Waals surface area contributed by atoms with Gasteiger partial charge in [0.25, 0.3) is 0 Å². The largest absolute Gasteiger partial charge is 0.479 e. The Hall–Kier alpha value is -1.34. The number of urea groups is 1. The summed E-state index contributed by atoms with van der Waals surface area (Å²) in [6, 6.07) is -0.390. The summed E-state index contributed by atoms with van der Waals surface area (Å²) in [5.41, 5.74) is -1.30. The summed E-state index contributed by atoms with van der Waals surface area (Å²) in [6.45, 7) is 1.42. The van der Waals surface area contributed by atoms with E-state index in [9.17, 15) is 14.7 Å². The first-order valence-electron chi connectivity index (χ1n) is 6.06. The van der Waals surface area contributed by atoms with Crippen molar-refractivity contribution in [2.75, 3.05) is 32.9 Å². The van der Waals surface area contributed by atoms with E-state index in [0.717, 1.165) is 6.42 Å². The topological polar surface area (TPSA) is 99.1 Å². The molecule has 0 aromatic carbocycles. The van der Waals surface area contributed by atoms with Crippen LogP contribution in [0, 0.1) is 5.92 Å². The molecule has 0 saturated carbocycles. The molecule has 0 aliphatic carbocycles. The van der Waals surface area contributed by atoms with Crippen molar-refractivity contribution in [3.63, 3.8) is 0 Å². The minimum atomic E-state index is -1.30. The van der Waals surface area contributed by atoms with E-state index in [0.29, 0.717) is 19.7 Å². The zero-order valence-corrected chi connectivity index (χ0v) is 10.1. The molecule has 2 amide bonds. The number of carboxylic acids is 1. The normalized spacial score (nSPS) is 31.6. The molecular formula is C11H18N2O5. The zero-order valence-electron chi connectivity index (χ0n) is 10.1. The van der Waals surface area contributed by atoms with Crippen LogP contribution in [0.3, 0.4) is 0 Å². The average Bonchev–Trinajstić information content (AvgIpc) is 2.97. The first-order valence-corrected chi connectivity index (χ1v) is 6.06. The molecule has 2 aliphatic rings. The van der Waals surface area contributed by atoms with Crippen molar-refractivity contribution in [2.24, 2.45) is 5.92 Å². The van der Waals surface area contributed by atoms with E-state index in [2.05, 4.69) is 5.32 Å². The molecule has 18 heavy (non-hydrogen) atoms. The number of rotatable bonds is 3. The second-order valence-corrected chi connectivity index (χ2v) is 4.90. The minimum absolute atomic E-state index is 0.00530. The molecule has 2 fully saturated rings. The molecule has 2 saturated heterocycles. The molecule has 7 nitrogen and oxygen atoms in total. The Labute approximate surface area is 105 Å². The number of likely N-dealkylation sites (tertiary alicyclic amines) is 1. The Morgan fingerprint density at radius 1 is 1.50 bits per heavy atom. The van der Waals surface area contributed by atoms with Crippen LogP contribution in [0.1, 0.15) is 12.8 Å². The molecule has 2 heterocycles. The highest BCUT2D eigenvalue weighted by atomic mass is 16.5. The van der Waals surface area contributed by atoms with Crippen molar-refractivity contribution in [3.8, 4) is 0 Å². The van der Waals surface area contributed by atoms with Gasteiger partial charge in [0.1, 0.15) is 0 Å². The number of hydrogen-bond donors (Lipinski definition) is 3. The number of ether oxygens (including phenoxy) is 1. The third-order valence-corrected chi connectivity index (χ3v) is 3.61. The smallest absolute Gasteiger partial charge is 0.332 e. The van der Waals surface area contributed by atoms with Crippen LogP contribution in [0.4, 0.5) is 4.79 Å². The van der Waals surface area contributed by atoms with Gasteiger partial charge in [0, 0.05) is 38.6 Å². The summed E-state index contributed by atoms with van der Waals surface area (Å²) in [4.78, 5) is 24.8. The summed E-state index contributed by atoms with van der Waals surface area (Å²) in [7, 11) is 0. The van der Waals surface area contributed by atoms with E-state index in [1.54, 1.807) is 4.90 Å². The molecule has 0 spiro atoms. The first kappa shape index (κ1) is 13.1. The van der Waals surface area contributed by atoms with Crippen molar-refractivity contribution in [1.82, 2.24) is 10.2 Å². The molecular weight excluding hydrogens is 240 g/mol. The van der Waals surface area contributed by atoms with Crippen molar-refractivity contribution in [2.45, 2.75) is 18.4 Å². The van der Waals surface area contributed by atoms with Gasteiger partial charge in [0.15, 0.2) is 5.54 Å². The summed E-state index contributed by atoms with van der Waals surface area (Å²) < 4.78 is 5.07. The number of aliphatic carboxylic acids is 1. The van der Waals surface area contributed by atoms with Crippen molar-refractivity contribution < 1.29 is 24.5 Å². The van der Waals surface area contributed by atoms with Crippen LogP contribution in [0.5, 0.6) is 0 Å². The Bertz CT molecular complexity index is 340. The molecule has 0 bridgehead atoms. The number of amides is 2. The molecule has 3 N–H and O–H groups in total. The third kappa shape index (κ3) is 2.41. The van der Waals surface area contributed by atoms with Crippen LogP contribution in [0.25, 0.3) is 0 Å². The molecule has 2 unspecified atom stereocenters. The second-order valence-electron chi connectivity index (χ2n) is 4.90. The van der Waals surface area contributed by atoms with Gasteiger partial charge < -0.3 is 25.2 Å². The monoisotopic (exact) mass is 258 g/mol. The summed E-state index contributed by atoms with van der Waals surface area (Å²) in [5.74, 6) is -0.970. The van der Waals surface area contributed by atoms with Crippen molar-refractivity contribution in [3.05, 3.63) is 0 Å². The standard InChI is InChI=1S/C11H18N2O5/c14-6-8-1-3-13(5-8)10(17)12-11(9(15)16)2-4-18-7-11/h8,14H,1-7H2,(H,12,17)(H,15,16). The van der Waals surface area contributed by atoms with Gasteiger partial charge in [-0.05, 0) is 6.42 Å². The fraction of sp³-hybridized carbons (Fsp3) is 0.818. The molecule has 2 rings (SSSR count). The van der Waals surface area contributed by atoms with Crippen LogP contribution < -0.4 is 5.32 Å². The van der Waals surface area contributed by atoms with Gasteiger partial charge in [0.2, 0.25) is 0 Å². The lowest BCUT2D eigenvalue weighted by Gasteiger charge is -2.27. The van der Waals surface area contributed by atoms with E-state index >= 15 is 0 Å². The summed E-state index contributed by atoms with van der Waals surface area (Å²) in [6.07, 6.45) is 1.03. The lowest BCUT2D eigenvalue weighted by molar-refractivity contribution is -0.144. The van der Waals surface area contributed by atoms with Crippen LogP contribution in [-0.4, -0.2) is 65.6 Å². The van der Waals surface area contributed by atoms with Gasteiger partial charge in [0.05, 0.1) is 6.61 Å². The molecule has 2 atom stereocenters. The molecule has 0 aromatic rings. The van der Waals surface area contributed by atoms with Gasteiger partial charge in [-0.2, -0.15) is 0 Å². The number of carbonyl (C=O) groups is 2. The highest BCUT2D eigenvalue weighted by Gasteiger charge is 2.45. The number of carboxylic acid groups (broad SMARTS) is 1. The van der Waals surface area contributed by atoms with Crippen LogP contribution in [0.2, 0.25) is 0 Å². The fourth-order valence-electron chi connectivity index (χ4n) is 2.34. The highest BCUT2D eigenvalue weighted by molar-refractivity contribution is 5.86. The Balaban J connectivity index is 1.96. The molecule has 7 heteroatoms. The predicted octanol–water partition coefficient (Wildman–Crippen LogP) is -0.746. The minimum Gasteiger partial charge on any atom is -0.479 e. The van der Waals surface area contributed by atoms with E-state index in [1.165, 1.54) is 0 Å². The van der Waals surface area contributed by atoms with Gasteiger partial charge in [-0.3, -0.25) is 0 Å². The Kier molecular flexibility index (Phi) is 3.72. The van der Waals surface area contributed by atoms with E-state index < -0.39 is 11.5 Å². The van der Waals surface area contributed by atoms with E-state index in [1.807, 2.05) is 0 Å². The number of aliphatic hydroxyl groups excluding tert-OH is 1. The van der Waals surface area contributed by atoms with Crippen LogP contribution >= 0.6 is 0 Å². The Morgan fingerprint density at radius 2 is 2.28 bits per heavy atom. The van der Waals surface area contributed by atoms with Gasteiger partial charge >= 0.3 is 12.0 Å². The van der Waals surface area contributed by atoms with Crippen molar-refractivity contribution >= 4 is 12.0 Å². The fourth-order valence-corrected chi connectivity index (χ4v) is 2.34. The van der Waals surface area contributed by atoms with Gasteiger partial charge in [-0.1, -0.05) is 0 Å². The SMILES string of the molecule is O=C(NC1(C(=O)O)CCOC1)N1CCC(CO)C1. The maximum absolute atomic E-state index is 12.0. The Morgan fingerprint density at radius 3 is 2.78 bits per heavy atom. The maximum Gasteiger partial charge on any atom is 0.332 e. The number of nitrogens with zero attached hydrogens (tertiary/aromatic N) is 1. The summed E-state index contributed by atoms with van der Waals surface area (Å²) in [5, 5.41) is 20.8. The molecule has 0 aromatic heterocycles. The van der Waals surface area contributed by atoms with Gasteiger partial charge in [-0.25, -0.2) is 9.59 Å².